The van der Waals surface area contributed by atoms with Gasteiger partial charge in [-0.25, -0.2) is 0 Å². The number of hydrogen-bond donors (Lipinski definition) is 3. The van der Waals surface area contributed by atoms with Crippen molar-refractivity contribution in [2.75, 3.05) is 7.11 Å². The molecule has 0 amide bonds. The van der Waals surface area contributed by atoms with Gasteiger partial charge in [0.2, 0.25) is 5.82 Å². The molecule has 0 radical (unpaired) electrons. The third-order valence-electron chi connectivity index (χ3n) is 4.86. The van der Waals surface area contributed by atoms with Gasteiger partial charge >= 0.3 is 5.97 Å². The van der Waals surface area contributed by atoms with E-state index in [2.05, 4.69) is 25.9 Å². The Kier molecular flexibility index (Phi) is 4.16. The van der Waals surface area contributed by atoms with E-state index in [4.69, 9.17) is 4.74 Å². The minimum Gasteiger partial charge on any atom is -0.480 e. The van der Waals surface area contributed by atoms with Crippen LogP contribution in [0, 0.1) is 11.8 Å². The lowest BCUT2D eigenvalue weighted by Gasteiger charge is -2.46. The van der Waals surface area contributed by atoms with Crippen LogP contribution in [0.1, 0.15) is 44.0 Å². The van der Waals surface area contributed by atoms with Crippen LogP contribution in [0.4, 0.5) is 0 Å². The number of rotatable bonds is 4. The zero-order valence-corrected chi connectivity index (χ0v) is 12.0. The molecule has 1 saturated heterocycles. The predicted molar refractivity (Wildman–Crippen MR) is 72.3 cm³/mol. The average Bonchev–Trinajstić information content (AvgIpc) is 3.02. The van der Waals surface area contributed by atoms with Gasteiger partial charge in [0.1, 0.15) is 12.1 Å². The standard InChI is InChI=1S/C13H21N5O3/c1-21-11(12-15-17-18-16-12)10-8-5-3-2-4-7(8)6-9(14-10)13(19)20/h7-11,14H,2-6H2,1H3,(H,19,20)(H,15,16,17,18). The molecule has 8 heteroatoms. The lowest BCUT2D eigenvalue weighted by molar-refractivity contribution is -0.143. The van der Waals surface area contributed by atoms with Crippen molar-refractivity contribution in [3.8, 4) is 0 Å². The van der Waals surface area contributed by atoms with Crippen LogP contribution in [0.5, 0.6) is 0 Å². The van der Waals surface area contributed by atoms with Gasteiger partial charge in [-0.1, -0.05) is 24.5 Å². The number of carbonyl (C=O) groups is 1. The van der Waals surface area contributed by atoms with E-state index in [0.29, 0.717) is 24.1 Å². The van der Waals surface area contributed by atoms with Crippen molar-refractivity contribution in [2.45, 2.75) is 50.3 Å². The maximum absolute atomic E-state index is 11.4. The van der Waals surface area contributed by atoms with E-state index in [9.17, 15) is 9.90 Å². The molecule has 0 bridgehead atoms. The fourth-order valence-corrected chi connectivity index (χ4v) is 3.92. The Hall–Kier alpha value is -1.54. The van der Waals surface area contributed by atoms with Crippen LogP contribution in [0.25, 0.3) is 0 Å². The van der Waals surface area contributed by atoms with Gasteiger partial charge in [0, 0.05) is 13.2 Å². The summed E-state index contributed by atoms with van der Waals surface area (Å²) in [6.07, 6.45) is 4.86. The maximum Gasteiger partial charge on any atom is 0.320 e. The zero-order chi connectivity index (χ0) is 14.8. The van der Waals surface area contributed by atoms with Crippen LogP contribution in [-0.4, -0.2) is 50.9 Å². The summed E-state index contributed by atoms with van der Waals surface area (Å²) in [5, 5.41) is 26.7. The van der Waals surface area contributed by atoms with E-state index in [1.165, 1.54) is 12.8 Å². The van der Waals surface area contributed by atoms with Crippen molar-refractivity contribution >= 4 is 5.97 Å². The van der Waals surface area contributed by atoms with Crippen LogP contribution in [0.15, 0.2) is 0 Å². The van der Waals surface area contributed by atoms with E-state index in [1.54, 1.807) is 7.11 Å². The van der Waals surface area contributed by atoms with Gasteiger partial charge in [-0.2, -0.15) is 5.21 Å². The summed E-state index contributed by atoms with van der Waals surface area (Å²) in [7, 11) is 1.60. The number of H-pyrrole nitrogens is 1. The first-order chi connectivity index (χ1) is 10.2. The smallest absolute Gasteiger partial charge is 0.320 e. The molecule has 1 aliphatic carbocycles. The number of nitrogens with zero attached hydrogens (tertiary/aromatic N) is 3. The van der Waals surface area contributed by atoms with Crippen molar-refractivity contribution in [3.63, 3.8) is 0 Å². The normalized spacial score (nSPS) is 34.1. The monoisotopic (exact) mass is 295 g/mol. The van der Waals surface area contributed by atoms with Crippen LogP contribution in [0.2, 0.25) is 0 Å². The van der Waals surface area contributed by atoms with E-state index < -0.39 is 12.0 Å². The lowest BCUT2D eigenvalue weighted by Crippen LogP contribution is -2.57. The minimum absolute atomic E-state index is 0.0900. The molecule has 2 fully saturated rings. The number of piperidine rings is 1. The minimum atomic E-state index is -0.799. The fourth-order valence-electron chi connectivity index (χ4n) is 3.92. The second-order valence-electron chi connectivity index (χ2n) is 5.95. The number of fused-ring (bicyclic) bond motifs is 1. The van der Waals surface area contributed by atoms with E-state index >= 15 is 0 Å². The molecule has 2 aliphatic rings. The Morgan fingerprint density at radius 2 is 2.24 bits per heavy atom. The highest BCUT2D eigenvalue weighted by Crippen LogP contribution is 2.42. The van der Waals surface area contributed by atoms with Crippen molar-refractivity contribution in [2.24, 2.45) is 11.8 Å². The number of hydrogen-bond acceptors (Lipinski definition) is 6. The van der Waals surface area contributed by atoms with Crippen molar-refractivity contribution in [1.82, 2.24) is 25.9 Å². The summed E-state index contributed by atoms with van der Waals surface area (Å²) in [4.78, 5) is 11.4. The van der Waals surface area contributed by atoms with Crippen LogP contribution in [0.3, 0.4) is 0 Å². The lowest BCUT2D eigenvalue weighted by atomic mass is 9.68. The Bertz CT molecular complexity index is 480. The number of carboxylic acids is 1. The first-order valence-corrected chi connectivity index (χ1v) is 7.45. The Balaban J connectivity index is 1.86. The third kappa shape index (κ3) is 2.77. The van der Waals surface area contributed by atoms with E-state index in [0.717, 1.165) is 12.8 Å². The molecule has 1 saturated carbocycles. The van der Waals surface area contributed by atoms with Crippen molar-refractivity contribution < 1.29 is 14.6 Å². The summed E-state index contributed by atoms with van der Waals surface area (Å²) in [5.41, 5.74) is 0. The zero-order valence-electron chi connectivity index (χ0n) is 12.0. The quantitative estimate of drug-likeness (QED) is 0.741. The molecule has 1 aromatic heterocycles. The highest BCUT2D eigenvalue weighted by Gasteiger charge is 2.45. The molecule has 5 unspecified atom stereocenters. The average molecular weight is 295 g/mol. The number of nitrogens with one attached hydrogen (secondary N) is 2. The largest absolute Gasteiger partial charge is 0.480 e. The number of tetrazole rings is 1. The Labute approximate surface area is 122 Å². The van der Waals surface area contributed by atoms with Gasteiger partial charge in [0.25, 0.3) is 0 Å². The number of methoxy groups -OCH3 is 1. The van der Waals surface area contributed by atoms with Gasteiger partial charge in [0.05, 0.1) is 0 Å². The number of aliphatic carboxylic acids is 1. The van der Waals surface area contributed by atoms with E-state index in [-0.39, 0.29) is 12.1 Å². The Morgan fingerprint density at radius 1 is 1.43 bits per heavy atom. The number of carboxylic acid groups (broad SMARTS) is 1. The summed E-state index contributed by atoms with van der Waals surface area (Å²) in [6, 6.07) is -0.619. The molecule has 116 valence electrons. The predicted octanol–water partition coefficient (Wildman–Crippen LogP) is 0.509. The molecular weight excluding hydrogens is 274 g/mol. The first kappa shape index (κ1) is 14.4. The molecule has 1 aliphatic heterocycles. The molecule has 21 heavy (non-hydrogen) atoms. The molecule has 0 aromatic carbocycles. The molecule has 5 atom stereocenters. The van der Waals surface area contributed by atoms with Gasteiger partial charge in [-0.3, -0.25) is 10.1 Å². The second-order valence-corrected chi connectivity index (χ2v) is 5.95. The summed E-state index contributed by atoms with van der Waals surface area (Å²) < 4.78 is 5.57. The van der Waals surface area contributed by atoms with Gasteiger partial charge < -0.3 is 9.84 Å². The van der Waals surface area contributed by atoms with Crippen LogP contribution < -0.4 is 5.32 Å². The number of aromatic amines is 1. The molecule has 0 spiro atoms. The van der Waals surface area contributed by atoms with Gasteiger partial charge in [-0.15, -0.1) is 10.2 Å². The highest BCUT2D eigenvalue weighted by molar-refractivity contribution is 5.73. The van der Waals surface area contributed by atoms with Crippen LogP contribution in [-0.2, 0) is 9.53 Å². The summed E-state index contributed by atoms with van der Waals surface area (Å²) in [5.74, 6) is 0.505. The molecule has 2 heterocycles. The van der Waals surface area contributed by atoms with Crippen LogP contribution >= 0.6 is 0 Å². The van der Waals surface area contributed by atoms with Crippen molar-refractivity contribution in [1.29, 1.82) is 0 Å². The number of ether oxygens (including phenoxy) is 1. The highest BCUT2D eigenvalue weighted by atomic mass is 16.5. The second kappa shape index (κ2) is 6.07. The SMILES string of the molecule is COC(c1nn[nH]n1)C1NC(C(=O)O)CC2CCCCC21. The van der Waals surface area contributed by atoms with Gasteiger partial charge in [-0.05, 0) is 24.7 Å². The fraction of sp³-hybridized carbons (Fsp3) is 0.846. The van der Waals surface area contributed by atoms with Gasteiger partial charge in [0.15, 0.2) is 0 Å². The Morgan fingerprint density at radius 3 is 2.90 bits per heavy atom. The van der Waals surface area contributed by atoms with Crippen molar-refractivity contribution in [3.05, 3.63) is 5.82 Å². The summed E-state index contributed by atoms with van der Waals surface area (Å²) in [6.45, 7) is 0. The molecule has 3 rings (SSSR count). The third-order valence-corrected chi connectivity index (χ3v) is 4.86. The molecular formula is C13H21N5O3. The molecule has 1 aromatic rings. The molecule has 3 N–H and O–H groups in total. The maximum atomic E-state index is 11.4. The summed E-state index contributed by atoms with van der Waals surface area (Å²) >= 11 is 0. The first-order valence-electron chi connectivity index (χ1n) is 7.45. The van der Waals surface area contributed by atoms with E-state index in [1.807, 2.05) is 0 Å². The number of aromatic nitrogens is 4. The molecule has 8 nitrogen and oxygen atoms in total. The topological polar surface area (TPSA) is 113 Å².